The molecule has 2 rings (SSSR count). The molecule has 98 valence electrons. The third kappa shape index (κ3) is 2.62. The molecule has 5 N–H and O–H groups in total. The van der Waals surface area contributed by atoms with E-state index < -0.39 is 0 Å². The Hall–Kier alpha value is -2.63. The van der Waals surface area contributed by atoms with Gasteiger partial charge in [0, 0.05) is 5.56 Å². The highest BCUT2D eigenvalue weighted by atomic mass is 16.1. The summed E-state index contributed by atoms with van der Waals surface area (Å²) < 4.78 is 0. The van der Waals surface area contributed by atoms with Gasteiger partial charge in [0.05, 0.1) is 0 Å². The van der Waals surface area contributed by atoms with Gasteiger partial charge < -0.3 is 16.8 Å². The van der Waals surface area contributed by atoms with E-state index in [0.717, 1.165) is 11.1 Å². The molecule has 0 bridgehead atoms. The Morgan fingerprint density at radius 1 is 1.11 bits per heavy atom. The van der Waals surface area contributed by atoms with Gasteiger partial charge in [-0.25, -0.2) is 9.97 Å². The second kappa shape index (κ2) is 4.93. The number of nitrogens with two attached hydrogens (primary N) is 2. The predicted octanol–water partition coefficient (Wildman–Crippen LogP) is 1.51. The smallest absolute Gasteiger partial charge is 0.255 e. The summed E-state index contributed by atoms with van der Waals surface area (Å²) in [5.41, 5.74) is 14.2. The van der Waals surface area contributed by atoms with E-state index in [2.05, 4.69) is 15.3 Å². The molecule has 0 aliphatic heterocycles. The van der Waals surface area contributed by atoms with Crippen LogP contribution in [0.5, 0.6) is 0 Å². The molecule has 0 saturated carbocycles. The zero-order valence-electron chi connectivity index (χ0n) is 10.8. The van der Waals surface area contributed by atoms with Crippen molar-refractivity contribution >= 4 is 23.2 Å². The average molecular weight is 257 g/mol. The minimum atomic E-state index is -0.295. The summed E-state index contributed by atoms with van der Waals surface area (Å²) in [4.78, 5) is 19.7. The Balaban J connectivity index is 2.28. The van der Waals surface area contributed by atoms with Gasteiger partial charge in [0.15, 0.2) is 11.6 Å². The quantitative estimate of drug-likeness (QED) is 0.756. The van der Waals surface area contributed by atoms with Crippen LogP contribution in [0.1, 0.15) is 21.5 Å². The Bertz CT molecular complexity index is 619. The molecule has 2 aromatic rings. The maximum atomic E-state index is 12.1. The molecule has 6 nitrogen and oxygen atoms in total. The van der Waals surface area contributed by atoms with Crippen LogP contribution in [-0.2, 0) is 0 Å². The fourth-order valence-electron chi connectivity index (χ4n) is 1.61. The molecule has 1 amide bonds. The third-order valence-electron chi connectivity index (χ3n) is 2.91. The second-order valence-electron chi connectivity index (χ2n) is 4.27. The summed E-state index contributed by atoms with van der Waals surface area (Å²) in [5.74, 6) is -0.00864. The minimum absolute atomic E-state index is 0.143. The number of carbonyl (C=O) groups is 1. The van der Waals surface area contributed by atoms with Crippen molar-refractivity contribution in [3.63, 3.8) is 0 Å². The molecule has 1 aromatic carbocycles. The van der Waals surface area contributed by atoms with Crippen LogP contribution in [0.15, 0.2) is 24.5 Å². The van der Waals surface area contributed by atoms with Gasteiger partial charge in [-0.05, 0) is 37.1 Å². The molecule has 19 heavy (non-hydrogen) atoms. The largest absolute Gasteiger partial charge is 0.382 e. The summed E-state index contributed by atoms with van der Waals surface area (Å²) in [6, 6.07) is 5.44. The molecule has 0 aliphatic rings. The second-order valence-corrected chi connectivity index (χ2v) is 4.27. The summed E-state index contributed by atoms with van der Waals surface area (Å²) in [6.07, 6.45) is 1.25. The van der Waals surface area contributed by atoms with Crippen LogP contribution in [0.3, 0.4) is 0 Å². The summed E-state index contributed by atoms with van der Waals surface area (Å²) in [5, 5.41) is 2.63. The molecule has 0 radical (unpaired) electrons. The first-order valence-corrected chi connectivity index (χ1v) is 5.73. The number of nitrogens with one attached hydrogen (secondary N) is 1. The molecule has 1 aromatic heterocycles. The molecular weight excluding hydrogens is 242 g/mol. The number of nitrogen functional groups attached to an aromatic ring is 2. The first-order valence-electron chi connectivity index (χ1n) is 5.73. The first kappa shape index (κ1) is 12.8. The Labute approximate surface area is 110 Å². The lowest BCUT2D eigenvalue weighted by atomic mass is 10.1. The molecule has 0 unspecified atom stereocenters. The highest BCUT2D eigenvalue weighted by Crippen LogP contribution is 2.22. The van der Waals surface area contributed by atoms with E-state index in [1.807, 2.05) is 19.9 Å². The maximum absolute atomic E-state index is 12.1. The zero-order valence-corrected chi connectivity index (χ0v) is 10.8. The lowest BCUT2D eigenvalue weighted by Crippen LogP contribution is -2.16. The van der Waals surface area contributed by atoms with Gasteiger partial charge in [-0.15, -0.1) is 0 Å². The van der Waals surface area contributed by atoms with Crippen LogP contribution >= 0.6 is 0 Å². The Morgan fingerprint density at radius 3 is 2.32 bits per heavy atom. The van der Waals surface area contributed by atoms with Crippen molar-refractivity contribution in [1.29, 1.82) is 0 Å². The van der Waals surface area contributed by atoms with Gasteiger partial charge >= 0.3 is 0 Å². The maximum Gasteiger partial charge on any atom is 0.255 e. The van der Waals surface area contributed by atoms with Crippen molar-refractivity contribution in [2.45, 2.75) is 13.8 Å². The van der Waals surface area contributed by atoms with Crippen molar-refractivity contribution in [3.05, 3.63) is 41.2 Å². The number of anilines is 3. The number of nitrogens with zero attached hydrogens (tertiary/aromatic N) is 2. The summed E-state index contributed by atoms with van der Waals surface area (Å²) in [6.45, 7) is 3.93. The SMILES string of the molecule is Cc1ccc(C(=O)Nc2c(N)ncnc2N)cc1C. The van der Waals surface area contributed by atoms with Crippen molar-refractivity contribution in [1.82, 2.24) is 9.97 Å². The van der Waals surface area contributed by atoms with Gasteiger partial charge in [0.1, 0.15) is 12.0 Å². The normalized spacial score (nSPS) is 10.2. The average Bonchev–Trinajstić information content (AvgIpc) is 2.37. The van der Waals surface area contributed by atoms with E-state index in [-0.39, 0.29) is 23.2 Å². The summed E-state index contributed by atoms with van der Waals surface area (Å²) in [7, 11) is 0. The van der Waals surface area contributed by atoms with Crippen molar-refractivity contribution in [3.8, 4) is 0 Å². The highest BCUT2D eigenvalue weighted by molar-refractivity contribution is 6.07. The molecule has 0 aliphatic carbocycles. The number of carbonyl (C=O) groups excluding carboxylic acids is 1. The van der Waals surface area contributed by atoms with E-state index in [9.17, 15) is 4.79 Å². The molecule has 0 spiro atoms. The van der Waals surface area contributed by atoms with Crippen molar-refractivity contribution in [2.75, 3.05) is 16.8 Å². The van der Waals surface area contributed by atoms with E-state index in [1.165, 1.54) is 6.33 Å². The number of rotatable bonds is 2. The number of amides is 1. The number of aromatic nitrogens is 2. The Kier molecular flexibility index (Phi) is 3.33. The topological polar surface area (TPSA) is 107 Å². The zero-order chi connectivity index (χ0) is 14.0. The Morgan fingerprint density at radius 2 is 1.74 bits per heavy atom. The first-order chi connectivity index (χ1) is 8.99. The molecule has 0 saturated heterocycles. The summed E-state index contributed by atoms with van der Waals surface area (Å²) >= 11 is 0. The van der Waals surface area contributed by atoms with Crippen LogP contribution in [-0.4, -0.2) is 15.9 Å². The molecule has 0 fully saturated rings. The fourth-order valence-corrected chi connectivity index (χ4v) is 1.61. The predicted molar refractivity (Wildman–Crippen MR) is 74.7 cm³/mol. The number of hydrogen-bond donors (Lipinski definition) is 3. The monoisotopic (exact) mass is 257 g/mol. The fraction of sp³-hybridized carbons (Fsp3) is 0.154. The molecule has 1 heterocycles. The van der Waals surface area contributed by atoms with Crippen LogP contribution in [0.2, 0.25) is 0 Å². The molecule has 0 atom stereocenters. The van der Waals surface area contributed by atoms with Gasteiger partial charge in [0.25, 0.3) is 5.91 Å². The highest BCUT2D eigenvalue weighted by Gasteiger charge is 2.12. The van der Waals surface area contributed by atoms with Gasteiger partial charge in [-0.3, -0.25) is 4.79 Å². The van der Waals surface area contributed by atoms with E-state index in [4.69, 9.17) is 11.5 Å². The van der Waals surface area contributed by atoms with Crippen molar-refractivity contribution in [2.24, 2.45) is 0 Å². The van der Waals surface area contributed by atoms with Gasteiger partial charge in [-0.1, -0.05) is 6.07 Å². The number of hydrogen-bond acceptors (Lipinski definition) is 5. The number of aryl methyl sites for hydroxylation is 2. The van der Waals surface area contributed by atoms with Crippen LogP contribution in [0.25, 0.3) is 0 Å². The molecular formula is C13H15N5O. The molecule has 6 heteroatoms. The van der Waals surface area contributed by atoms with E-state index in [0.29, 0.717) is 5.56 Å². The van der Waals surface area contributed by atoms with Crippen LogP contribution in [0, 0.1) is 13.8 Å². The van der Waals surface area contributed by atoms with Crippen LogP contribution in [0.4, 0.5) is 17.3 Å². The van der Waals surface area contributed by atoms with Gasteiger partial charge in [-0.2, -0.15) is 0 Å². The minimum Gasteiger partial charge on any atom is -0.382 e. The van der Waals surface area contributed by atoms with Crippen molar-refractivity contribution < 1.29 is 4.79 Å². The lowest BCUT2D eigenvalue weighted by molar-refractivity contribution is 0.102. The van der Waals surface area contributed by atoms with E-state index >= 15 is 0 Å². The standard InChI is InChI=1S/C13H15N5O/c1-7-3-4-9(5-8(7)2)13(19)18-10-11(14)16-6-17-12(10)15/h3-6H,1-2H3,(H,18,19)(H4,14,15,16,17). The third-order valence-corrected chi connectivity index (χ3v) is 2.91. The van der Waals surface area contributed by atoms with E-state index in [1.54, 1.807) is 12.1 Å². The number of benzene rings is 1. The lowest BCUT2D eigenvalue weighted by Gasteiger charge is -2.10. The van der Waals surface area contributed by atoms with Crippen LogP contribution < -0.4 is 16.8 Å². The van der Waals surface area contributed by atoms with Gasteiger partial charge in [0.2, 0.25) is 0 Å².